The molecular formula is C41H66FNO5. The fraction of sp³-hybridized carbons (Fsp3) is 0.829. The lowest BCUT2D eigenvalue weighted by Gasteiger charge is -2.45. The molecule has 2 saturated heterocycles. The molecule has 4 aliphatic rings. The zero-order valence-corrected chi connectivity index (χ0v) is 30.7. The van der Waals surface area contributed by atoms with Gasteiger partial charge in [0.2, 0.25) is 5.91 Å². The highest BCUT2D eigenvalue weighted by Gasteiger charge is 2.45. The van der Waals surface area contributed by atoms with Crippen molar-refractivity contribution in [2.24, 2.45) is 65.1 Å². The van der Waals surface area contributed by atoms with Gasteiger partial charge in [0.15, 0.2) is 0 Å². The molecule has 6 nitrogen and oxygen atoms in total. The lowest BCUT2D eigenvalue weighted by molar-refractivity contribution is -0.129. The van der Waals surface area contributed by atoms with Crippen molar-refractivity contribution in [1.29, 1.82) is 0 Å². The Kier molecular flexibility index (Phi) is 13.4. The van der Waals surface area contributed by atoms with Crippen molar-refractivity contribution in [2.75, 3.05) is 13.2 Å². The molecule has 0 aromatic heterocycles. The summed E-state index contributed by atoms with van der Waals surface area (Å²) in [6, 6.07) is 6.18. The molecule has 4 fully saturated rings. The minimum absolute atomic E-state index is 0.0229. The Morgan fingerprint density at radius 2 is 1.19 bits per heavy atom. The lowest BCUT2D eigenvalue weighted by Crippen LogP contribution is -2.44. The Labute approximate surface area is 290 Å². The molecule has 0 bridgehead atoms. The molecule has 272 valence electrons. The van der Waals surface area contributed by atoms with E-state index in [1.165, 1.54) is 37.8 Å². The summed E-state index contributed by atoms with van der Waals surface area (Å²) in [4.78, 5) is 13.9. The molecule has 2 heterocycles. The summed E-state index contributed by atoms with van der Waals surface area (Å²) in [5.41, 5.74) is 0.821. The molecule has 5 rings (SSSR count). The first-order chi connectivity index (χ1) is 22.9. The summed E-state index contributed by atoms with van der Waals surface area (Å²) in [5.74, 6) is 3.13. The number of carbonyl (C=O) groups is 1. The van der Waals surface area contributed by atoms with Crippen molar-refractivity contribution in [3.05, 3.63) is 35.6 Å². The second-order valence-corrected chi connectivity index (χ2v) is 16.9. The van der Waals surface area contributed by atoms with Gasteiger partial charge in [-0.3, -0.25) is 4.79 Å². The zero-order chi connectivity index (χ0) is 34.5. The second-order valence-electron chi connectivity index (χ2n) is 16.9. The molecule has 1 amide bonds. The zero-order valence-electron chi connectivity index (χ0n) is 30.7. The van der Waals surface area contributed by atoms with Crippen LogP contribution in [0.3, 0.4) is 0 Å². The highest BCUT2D eigenvalue weighted by Crippen LogP contribution is 2.49. The Balaban J connectivity index is 1.29. The van der Waals surface area contributed by atoms with Crippen molar-refractivity contribution in [3.63, 3.8) is 0 Å². The Morgan fingerprint density at radius 1 is 0.729 bits per heavy atom. The number of carbonyl (C=O) groups excluding carboxylic acids is 1. The van der Waals surface area contributed by atoms with Crippen LogP contribution in [0.5, 0.6) is 0 Å². The topological polar surface area (TPSA) is 88.0 Å². The van der Waals surface area contributed by atoms with E-state index in [1.807, 2.05) is 0 Å². The predicted octanol–water partition coefficient (Wildman–Crippen LogP) is 7.79. The van der Waals surface area contributed by atoms with Gasteiger partial charge < -0.3 is 25.0 Å². The van der Waals surface area contributed by atoms with Gasteiger partial charge in [0.1, 0.15) is 5.82 Å². The first-order valence-corrected chi connectivity index (χ1v) is 19.5. The fourth-order valence-corrected chi connectivity index (χ4v) is 10.4. The van der Waals surface area contributed by atoms with Crippen LogP contribution in [-0.2, 0) is 20.8 Å². The van der Waals surface area contributed by atoms with Crippen LogP contribution in [0.25, 0.3) is 0 Å². The molecule has 0 radical (unpaired) electrons. The molecule has 0 spiro atoms. The number of fused-ring (bicyclic) bond motifs is 2. The van der Waals surface area contributed by atoms with Crippen LogP contribution in [0.1, 0.15) is 111 Å². The normalized spacial score (nSPS) is 37.4. The van der Waals surface area contributed by atoms with Crippen LogP contribution < -0.4 is 5.32 Å². The minimum Gasteiger partial charge on any atom is -0.393 e. The third-order valence-electron chi connectivity index (χ3n) is 13.9. The van der Waals surface area contributed by atoms with Crippen LogP contribution in [0, 0.1) is 70.9 Å². The molecule has 2 saturated carbocycles. The van der Waals surface area contributed by atoms with Gasteiger partial charge in [-0.25, -0.2) is 4.39 Å². The van der Waals surface area contributed by atoms with E-state index in [0.717, 1.165) is 44.5 Å². The molecule has 1 aromatic rings. The van der Waals surface area contributed by atoms with Crippen LogP contribution in [0.2, 0.25) is 0 Å². The average molecular weight is 672 g/mol. The van der Waals surface area contributed by atoms with Gasteiger partial charge in [0.05, 0.1) is 37.6 Å². The van der Waals surface area contributed by atoms with Crippen molar-refractivity contribution >= 4 is 5.91 Å². The van der Waals surface area contributed by atoms with Crippen LogP contribution in [0.15, 0.2) is 24.3 Å². The number of halogens is 1. The predicted molar refractivity (Wildman–Crippen MR) is 188 cm³/mol. The molecule has 48 heavy (non-hydrogen) atoms. The maximum Gasteiger partial charge on any atom is 0.223 e. The summed E-state index contributed by atoms with van der Waals surface area (Å²) in [7, 11) is 0. The number of ether oxygens (including phenoxy) is 2. The largest absolute Gasteiger partial charge is 0.393 e. The molecule has 1 aromatic carbocycles. The van der Waals surface area contributed by atoms with E-state index >= 15 is 0 Å². The van der Waals surface area contributed by atoms with Crippen LogP contribution in [-0.4, -0.2) is 53.7 Å². The first kappa shape index (κ1) is 37.7. The monoisotopic (exact) mass is 671 g/mol. The van der Waals surface area contributed by atoms with Gasteiger partial charge in [-0.05, 0) is 142 Å². The molecule has 2 aliphatic carbocycles. The number of rotatable bonds is 11. The Bertz CT molecular complexity index is 1090. The van der Waals surface area contributed by atoms with Gasteiger partial charge in [0.25, 0.3) is 0 Å². The van der Waals surface area contributed by atoms with E-state index < -0.39 is 18.1 Å². The summed E-state index contributed by atoms with van der Waals surface area (Å²) >= 11 is 0. The van der Waals surface area contributed by atoms with Gasteiger partial charge in [-0.1, -0.05) is 52.7 Å². The molecule has 2 aliphatic heterocycles. The maximum absolute atomic E-state index is 13.9. The Hall–Kier alpha value is -1.54. The van der Waals surface area contributed by atoms with Crippen molar-refractivity contribution < 1.29 is 28.9 Å². The summed E-state index contributed by atoms with van der Waals surface area (Å²) in [6.07, 6.45) is 8.87. The molecular weight excluding hydrogens is 605 g/mol. The summed E-state index contributed by atoms with van der Waals surface area (Å²) in [5, 5.41) is 26.8. The third kappa shape index (κ3) is 9.22. The lowest BCUT2D eigenvalue weighted by atomic mass is 9.61. The first-order valence-electron chi connectivity index (χ1n) is 19.5. The third-order valence-corrected chi connectivity index (χ3v) is 13.9. The highest BCUT2D eigenvalue weighted by atomic mass is 19.1. The van der Waals surface area contributed by atoms with Gasteiger partial charge in [0, 0.05) is 12.5 Å². The summed E-state index contributed by atoms with van der Waals surface area (Å²) < 4.78 is 26.1. The van der Waals surface area contributed by atoms with Crippen molar-refractivity contribution in [2.45, 2.75) is 137 Å². The molecule has 10 unspecified atom stereocenters. The highest BCUT2D eigenvalue weighted by molar-refractivity contribution is 5.78. The standard InChI is InChI=1S/C41H66FNO5/c1-24-7-15-35(37-22-47-26(3)9-17-33(24)37)28(5)39(44)19-31(41(46)43-21-30-11-13-32(42)14-12-30)20-40(45)29(6)36-16-8-25(2)34-18-10-27(4)48-23-38(34)36/h11-14,24-29,31,33-40,44-45H,7-10,15-23H2,1-6H3,(H,43,46)/t24-,25-,26?,27?,28?,29?,31?,33?,34?,35+,36+,37?,38?,39?,40?/m1/s1. The van der Waals surface area contributed by atoms with E-state index in [1.54, 1.807) is 12.1 Å². The number of nitrogens with one attached hydrogen (secondary N) is 1. The smallest absolute Gasteiger partial charge is 0.223 e. The van der Waals surface area contributed by atoms with Gasteiger partial charge >= 0.3 is 0 Å². The molecule has 14 atom stereocenters. The number of benzene rings is 1. The number of aliphatic hydroxyl groups is 2. The van der Waals surface area contributed by atoms with Crippen molar-refractivity contribution in [1.82, 2.24) is 5.32 Å². The SMILES string of the molecule is CC1CCC2C(CO1)[C@H](C(C)C(O)CC(CC(O)C(C)[C@@H]1CC[C@@H](C)C3CCC(C)OCC31)C(=O)NCc1ccc(F)cc1)CC[C@H]2C. The summed E-state index contributed by atoms with van der Waals surface area (Å²) in [6.45, 7) is 15.2. The van der Waals surface area contributed by atoms with Crippen LogP contribution >= 0.6 is 0 Å². The second kappa shape index (κ2) is 17.1. The van der Waals surface area contributed by atoms with E-state index in [2.05, 4.69) is 46.9 Å². The van der Waals surface area contributed by atoms with E-state index in [9.17, 15) is 19.4 Å². The minimum atomic E-state index is -0.662. The maximum atomic E-state index is 13.9. The Morgan fingerprint density at radius 3 is 1.65 bits per heavy atom. The van der Waals surface area contributed by atoms with E-state index in [4.69, 9.17) is 9.47 Å². The number of amides is 1. The average Bonchev–Trinajstić information content (AvgIpc) is 3.40. The van der Waals surface area contributed by atoms with E-state index in [-0.39, 0.29) is 42.3 Å². The number of hydrogen-bond acceptors (Lipinski definition) is 5. The van der Waals surface area contributed by atoms with Gasteiger partial charge in [-0.2, -0.15) is 0 Å². The number of hydrogen-bond donors (Lipinski definition) is 3. The molecule has 3 N–H and O–H groups in total. The van der Waals surface area contributed by atoms with Crippen LogP contribution in [0.4, 0.5) is 4.39 Å². The van der Waals surface area contributed by atoms with Crippen molar-refractivity contribution in [3.8, 4) is 0 Å². The molecule has 7 heteroatoms. The number of aliphatic hydroxyl groups excluding tert-OH is 2. The fourth-order valence-electron chi connectivity index (χ4n) is 10.4. The van der Waals surface area contributed by atoms with Gasteiger partial charge in [-0.15, -0.1) is 0 Å². The quantitative estimate of drug-likeness (QED) is 0.224. The van der Waals surface area contributed by atoms with E-state index in [0.29, 0.717) is 60.2 Å².